The van der Waals surface area contributed by atoms with Gasteiger partial charge >= 0.3 is 0 Å². The van der Waals surface area contributed by atoms with Gasteiger partial charge in [-0.05, 0) is 18.2 Å². The van der Waals surface area contributed by atoms with E-state index in [-0.39, 0.29) is 10.9 Å². The number of thiocarbonyl (C=S) groups is 1. The second kappa shape index (κ2) is 7.59. The third-order valence-corrected chi connectivity index (χ3v) is 3.80. The topological polar surface area (TPSA) is 67.6 Å². The van der Waals surface area contributed by atoms with Crippen molar-refractivity contribution in [1.82, 2.24) is 4.90 Å². The molecule has 0 aromatic heterocycles. The van der Waals surface area contributed by atoms with E-state index in [1.54, 1.807) is 12.1 Å². The Labute approximate surface area is 134 Å². The van der Waals surface area contributed by atoms with Crippen LogP contribution in [0.2, 0.25) is 5.02 Å². The Hall–Kier alpha value is -1.37. The Bertz CT molecular complexity index is 533. The zero-order chi connectivity index (χ0) is 15.2. The molecule has 0 bridgehead atoms. The number of nitrogens with two attached hydrogens (primary N) is 1. The number of carbonyl (C=O) groups excluding carboxylic acids is 1. The van der Waals surface area contributed by atoms with E-state index in [2.05, 4.69) is 5.32 Å². The number of amides is 1. The van der Waals surface area contributed by atoms with Gasteiger partial charge in [0.2, 0.25) is 5.91 Å². The average molecular weight is 328 g/mol. The SMILES string of the molecule is NC(=S)c1ccc(NCCC(=O)N2CCOCC2)cc1Cl. The zero-order valence-electron chi connectivity index (χ0n) is 11.6. The Morgan fingerprint density at radius 3 is 2.76 bits per heavy atom. The van der Waals surface area contributed by atoms with Crippen molar-refractivity contribution in [1.29, 1.82) is 0 Å². The fraction of sp³-hybridized carbons (Fsp3) is 0.429. The zero-order valence-corrected chi connectivity index (χ0v) is 13.2. The summed E-state index contributed by atoms with van der Waals surface area (Å²) in [6.45, 7) is 3.14. The van der Waals surface area contributed by atoms with Gasteiger partial charge < -0.3 is 20.7 Å². The maximum absolute atomic E-state index is 12.0. The van der Waals surface area contributed by atoms with Crippen LogP contribution in [0, 0.1) is 0 Å². The largest absolute Gasteiger partial charge is 0.389 e. The second-order valence-corrected chi connectivity index (χ2v) is 5.58. The molecule has 114 valence electrons. The molecular weight excluding hydrogens is 310 g/mol. The summed E-state index contributed by atoms with van der Waals surface area (Å²) in [4.78, 5) is 14.1. The van der Waals surface area contributed by atoms with Crippen LogP contribution in [0.15, 0.2) is 18.2 Å². The molecule has 0 radical (unpaired) electrons. The molecule has 1 saturated heterocycles. The molecule has 0 saturated carbocycles. The summed E-state index contributed by atoms with van der Waals surface area (Å²) in [7, 11) is 0. The molecule has 1 aliphatic heterocycles. The van der Waals surface area contributed by atoms with E-state index in [0.717, 1.165) is 5.69 Å². The standard InChI is InChI=1S/C14H18ClN3O2S/c15-12-9-10(1-2-11(12)14(16)21)17-4-3-13(19)18-5-7-20-8-6-18/h1-2,9,17H,3-8H2,(H2,16,21). The van der Waals surface area contributed by atoms with Crippen molar-refractivity contribution < 1.29 is 9.53 Å². The lowest BCUT2D eigenvalue weighted by Crippen LogP contribution is -2.41. The Morgan fingerprint density at radius 2 is 2.14 bits per heavy atom. The number of ether oxygens (including phenoxy) is 1. The molecule has 0 atom stereocenters. The molecule has 1 fully saturated rings. The lowest BCUT2D eigenvalue weighted by molar-refractivity contribution is -0.134. The van der Waals surface area contributed by atoms with Gasteiger partial charge in [-0.15, -0.1) is 0 Å². The number of morpholine rings is 1. The first kappa shape index (κ1) is 16.0. The quantitative estimate of drug-likeness (QED) is 0.805. The molecule has 0 unspecified atom stereocenters. The molecule has 2 rings (SSSR count). The van der Waals surface area contributed by atoms with E-state index in [0.29, 0.717) is 49.9 Å². The first-order valence-corrected chi connectivity index (χ1v) is 7.55. The predicted molar refractivity (Wildman–Crippen MR) is 87.8 cm³/mol. The molecule has 1 heterocycles. The molecule has 1 aliphatic rings. The molecule has 1 aromatic rings. The molecule has 1 amide bonds. The number of carbonyl (C=O) groups is 1. The van der Waals surface area contributed by atoms with E-state index in [1.807, 2.05) is 11.0 Å². The Balaban J connectivity index is 1.81. The van der Waals surface area contributed by atoms with Gasteiger partial charge in [-0.1, -0.05) is 23.8 Å². The van der Waals surface area contributed by atoms with Gasteiger partial charge in [0.1, 0.15) is 4.99 Å². The van der Waals surface area contributed by atoms with Crippen molar-refractivity contribution >= 4 is 40.4 Å². The molecule has 0 aliphatic carbocycles. The number of anilines is 1. The predicted octanol–water partition coefficient (Wildman–Crippen LogP) is 1.64. The summed E-state index contributed by atoms with van der Waals surface area (Å²) in [5, 5.41) is 3.68. The first-order chi connectivity index (χ1) is 10.1. The summed E-state index contributed by atoms with van der Waals surface area (Å²) in [5.74, 6) is 0.136. The number of hydrogen-bond acceptors (Lipinski definition) is 4. The van der Waals surface area contributed by atoms with Crippen molar-refractivity contribution in [3.05, 3.63) is 28.8 Å². The van der Waals surface area contributed by atoms with Gasteiger partial charge in [0.15, 0.2) is 0 Å². The van der Waals surface area contributed by atoms with Gasteiger partial charge in [0, 0.05) is 37.3 Å². The van der Waals surface area contributed by atoms with Crippen LogP contribution in [-0.4, -0.2) is 48.6 Å². The highest BCUT2D eigenvalue weighted by Gasteiger charge is 2.16. The minimum Gasteiger partial charge on any atom is -0.389 e. The highest BCUT2D eigenvalue weighted by atomic mass is 35.5. The number of nitrogens with one attached hydrogen (secondary N) is 1. The normalized spacial score (nSPS) is 14.8. The Kier molecular flexibility index (Phi) is 5.78. The smallest absolute Gasteiger partial charge is 0.224 e. The lowest BCUT2D eigenvalue weighted by atomic mass is 10.2. The van der Waals surface area contributed by atoms with Crippen molar-refractivity contribution in [3.63, 3.8) is 0 Å². The van der Waals surface area contributed by atoms with Crippen LogP contribution in [0.3, 0.4) is 0 Å². The van der Waals surface area contributed by atoms with Crippen LogP contribution in [0.25, 0.3) is 0 Å². The maximum Gasteiger partial charge on any atom is 0.224 e. The van der Waals surface area contributed by atoms with Gasteiger partial charge in [-0.25, -0.2) is 0 Å². The average Bonchev–Trinajstić information content (AvgIpc) is 2.47. The molecule has 7 heteroatoms. The van der Waals surface area contributed by atoms with Crippen molar-refractivity contribution in [3.8, 4) is 0 Å². The van der Waals surface area contributed by atoms with Crippen LogP contribution in [0.5, 0.6) is 0 Å². The van der Waals surface area contributed by atoms with Crippen LogP contribution in [0.4, 0.5) is 5.69 Å². The fourth-order valence-electron chi connectivity index (χ4n) is 2.11. The molecule has 0 spiro atoms. The van der Waals surface area contributed by atoms with Gasteiger partial charge in [0.05, 0.1) is 18.2 Å². The van der Waals surface area contributed by atoms with Gasteiger partial charge in [0.25, 0.3) is 0 Å². The number of halogens is 1. The van der Waals surface area contributed by atoms with Crippen LogP contribution < -0.4 is 11.1 Å². The molecular formula is C14H18ClN3O2S. The van der Waals surface area contributed by atoms with Gasteiger partial charge in [-0.2, -0.15) is 0 Å². The summed E-state index contributed by atoms with van der Waals surface area (Å²) in [6, 6.07) is 5.38. The van der Waals surface area contributed by atoms with Gasteiger partial charge in [-0.3, -0.25) is 4.79 Å². The minimum absolute atomic E-state index is 0.136. The van der Waals surface area contributed by atoms with Crippen LogP contribution in [0.1, 0.15) is 12.0 Å². The third kappa shape index (κ3) is 4.56. The van der Waals surface area contributed by atoms with E-state index in [1.165, 1.54) is 0 Å². The summed E-state index contributed by atoms with van der Waals surface area (Å²) >= 11 is 11.0. The minimum atomic E-state index is 0.136. The van der Waals surface area contributed by atoms with Crippen molar-refractivity contribution in [2.75, 3.05) is 38.2 Å². The lowest BCUT2D eigenvalue weighted by Gasteiger charge is -2.26. The molecule has 1 aromatic carbocycles. The monoisotopic (exact) mass is 327 g/mol. The highest BCUT2D eigenvalue weighted by Crippen LogP contribution is 2.20. The maximum atomic E-state index is 12.0. The van der Waals surface area contributed by atoms with Crippen molar-refractivity contribution in [2.45, 2.75) is 6.42 Å². The molecule has 3 N–H and O–H groups in total. The molecule has 5 nitrogen and oxygen atoms in total. The summed E-state index contributed by atoms with van der Waals surface area (Å²) < 4.78 is 5.22. The number of benzene rings is 1. The third-order valence-electron chi connectivity index (χ3n) is 3.27. The fourth-order valence-corrected chi connectivity index (χ4v) is 2.63. The number of nitrogens with zero attached hydrogens (tertiary/aromatic N) is 1. The summed E-state index contributed by atoms with van der Waals surface area (Å²) in [5.41, 5.74) is 7.05. The van der Waals surface area contributed by atoms with Crippen LogP contribution >= 0.6 is 23.8 Å². The number of hydrogen-bond donors (Lipinski definition) is 2. The van der Waals surface area contributed by atoms with E-state index >= 15 is 0 Å². The van der Waals surface area contributed by atoms with E-state index in [4.69, 9.17) is 34.3 Å². The number of rotatable bonds is 5. The molecule has 21 heavy (non-hydrogen) atoms. The first-order valence-electron chi connectivity index (χ1n) is 6.76. The highest BCUT2D eigenvalue weighted by molar-refractivity contribution is 7.80. The van der Waals surface area contributed by atoms with E-state index < -0.39 is 0 Å². The second-order valence-electron chi connectivity index (χ2n) is 4.73. The van der Waals surface area contributed by atoms with E-state index in [9.17, 15) is 4.79 Å². The summed E-state index contributed by atoms with van der Waals surface area (Å²) in [6.07, 6.45) is 0.439. The van der Waals surface area contributed by atoms with Crippen molar-refractivity contribution in [2.24, 2.45) is 5.73 Å². The Morgan fingerprint density at radius 1 is 1.43 bits per heavy atom. The van der Waals surface area contributed by atoms with Crippen LogP contribution in [-0.2, 0) is 9.53 Å².